The fourth-order valence-electron chi connectivity index (χ4n) is 2.59. The average molecular weight is 237 g/mol. The van der Waals surface area contributed by atoms with E-state index in [1.807, 2.05) is 19.4 Å². The molecule has 0 amide bonds. The summed E-state index contributed by atoms with van der Waals surface area (Å²) in [6.07, 6.45) is 8.62. The van der Waals surface area contributed by atoms with Gasteiger partial charge in [0.1, 0.15) is 0 Å². The summed E-state index contributed by atoms with van der Waals surface area (Å²) in [7, 11) is 1.92. The van der Waals surface area contributed by atoms with Crippen molar-refractivity contribution in [1.82, 2.24) is 15.1 Å². The molecule has 96 valence electrons. The van der Waals surface area contributed by atoms with Gasteiger partial charge >= 0.3 is 0 Å². The van der Waals surface area contributed by atoms with Gasteiger partial charge in [0, 0.05) is 31.4 Å². The minimum Gasteiger partial charge on any atom is -0.392 e. The fraction of sp³-hybridized carbons (Fsp3) is 0.769. The molecular weight excluding hydrogens is 214 g/mol. The van der Waals surface area contributed by atoms with E-state index in [-0.39, 0.29) is 12.1 Å². The van der Waals surface area contributed by atoms with Crippen molar-refractivity contribution >= 4 is 0 Å². The standard InChI is InChI=1S/C13H23N3O/c1-10(12-7-15-16(2)9-12)14-8-13(17)11-5-3-4-6-11/h7,9-11,13-14,17H,3-6,8H2,1-2H3. The van der Waals surface area contributed by atoms with Crippen molar-refractivity contribution in [2.75, 3.05) is 6.54 Å². The summed E-state index contributed by atoms with van der Waals surface area (Å²) in [5.41, 5.74) is 1.17. The van der Waals surface area contributed by atoms with E-state index in [4.69, 9.17) is 0 Å². The Kier molecular flexibility index (Phi) is 4.18. The lowest BCUT2D eigenvalue weighted by Gasteiger charge is -2.20. The lowest BCUT2D eigenvalue weighted by molar-refractivity contribution is 0.106. The van der Waals surface area contributed by atoms with Gasteiger partial charge in [-0.1, -0.05) is 12.8 Å². The van der Waals surface area contributed by atoms with Gasteiger partial charge in [0.15, 0.2) is 0 Å². The molecular formula is C13H23N3O. The molecule has 1 aliphatic carbocycles. The Balaban J connectivity index is 1.77. The Morgan fingerprint density at radius 3 is 2.82 bits per heavy atom. The first-order chi connectivity index (χ1) is 8.16. The van der Waals surface area contributed by atoms with Crippen molar-refractivity contribution in [1.29, 1.82) is 0 Å². The number of aromatic nitrogens is 2. The van der Waals surface area contributed by atoms with Gasteiger partial charge in [-0.25, -0.2) is 0 Å². The van der Waals surface area contributed by atoms with Crippen LogP contribution in [0.5, 0.6) is 0 Å². The van der Waals surface area contributed by atoms with Crippen LogP contribution in [0, 0.1) is 5.92 Å². The maximum Gasteiger partial charge on any atom is 0.0692 e. The molecule has 0 aliphatic heterocycles. The number of nitrogens with one attached hydrogen (secondary N) is 1. The molecule has 1 saturated carbocycles. The average Bonchev–Trinajstić information content (AvgIpc) is 2.95. The number of aliphatic hydroxyl groups excluding tert-OH is 1. The van der Waals surface area contributed by atoms with Crippen LogP contribution in [0.3, 0.4) is 0 Å². The molecule has 0 aromatic carbocycles. The van der Waals surface area contributed by atoms with Crippen molar-refractivity contribution in [3.63, 3.8) is 0 Å². The molecule has 0 bridgehead atoms. The van der Waals surface area contributed by atoms with Crippen LogP contribution in [0.4, 0.5) is 0 Å². The first kappa shape index (κ1) is 12.6. The smallest absolute Gasteiger partial charge is 0.0692 e. The van der Waals surface area contributed by atoms with E-state index in [0.29, 0.717) is 12.5 Å². The van der Waals surface area contributed by atoms with Crippen molar-refractivity contribution in [2.45, 2.75) is 44.8 Å². The van der Waals surface area contributed by atoms with Gasteiger partial charge in [0.05, 0.1) is 12.3 Å². The van der Waals surface area contributed by atoms with Gasteiger partial charge in [-0.3, -0.25) is 4.68 Å². The quantitative estimate of drug-likeness (QED) is 0.818. The van der Waals surface area contributed by atoms with Crippen molar-refractivity contribution < 1.29 is 5.11 Å². The number of nitrogens with zero attached hydrogens (tertiary/aromatic N) is 2. The summed E-state index contributed by atoms with van der Waals surface area (Å²) in [5.74, 6) is 0.503. The van der Waals surface area contributed by atoms with Crippen LogP contribution < -0.4 is 5.32 Å². The minimum absolute atomic E-state index is 0.198. The molecule has 1 aromatic heterocycles. The third kappa shape index (κ3) is 3.30. The molecule has 2 unspecified atom stereocenters. The molecule has 1 fully saturated rings. The summed E-state index contributed by atoms with van der Waals surface area (Å²) in [6, 6.07) is 0.250. The molecule has 0 saturated heterocycles. The third-order valence-electron chi connectivity index (χ3n) is 3.80. The van der Waals surface area contributed by atoms with Crippen LogP contribution in [-0.2, 0) is 7.05 Å². The van der Waals surface area contributed by atoms with Crippen LogP contribution in [0.25, 0.3) is 0 Å². The maximum absolute atomic E-state index is 10.1. The molecule has 0 radical (unpaired) electrons. The highest BCUT2D eigenvalue weighted by Crippen LogP contribution is 2.27. The van der Waals surface area contributed by atoms with Gasteiger partial charge < -0.3 is 10.4 Å². The lowest BCUT2D eigenvalue weighted by atomic mass is 10.0. The van der Waals surface area contributed by atoms with Gasteiger partial charge in [-0.2, -0.15) is 5.10 Å². The maximum atomic E-state index is 10.1. The van der Waals surface area contributed by atoms with Gasteiger partial charge in [0.2, 0.25) is 0 Å². The van der Waals surface area contributed by atoms with Gasteiger partial charge in [-0.15, -0.1) is 0 Å². The van der Waals surface area contributed by atoms with Crippen LogP contribution in [0.2, 0.25) is 0 Å². The predicted molar refractivity (Wildman–Crippen MR) is 67.6 cm³/mol. The Hall–Kier alpha value is -0.870. The van der Waals surface area contributed by atoms with E-state index in [1.54, 1.807) is 4.68 Å². The number of rotatable bonds is 5. The largest absolute Gasteiger partial charge is 0.392 e. The van der Waals surface area contributed by atoms with Crippen molar-refractivity contribution in [3.05, 3.63) is 18.0 Å². The highest BCUT2D eigenvalue weighted by molar-refractivity contribution is 5.08. The summed E-state index contributed by atoms with van der Waals surface area (Å²) < 4.78 is 1.81. The van der Waals surface area contributed by atoms with E-state index >= 15 is 0 Å². The number of hydrogen-bond donors (Lipinski definition) is 2. The van der Waals surface area contributed by atoms with Crippen LogP contribution in [-0.4, -0.2) is 27.5 Å². The minimum atomic E-state index is -0.198. The summed E-state index contributed by atoms with van der Waals surface area (Å²) in [6.45, 7) is 2.79. The Morgan fingerprint density at radius 1 is 1.53 bits per heavy atom. The van der Waals surface area contributed by atoms with Crippen molar-refractivity contribution in [2.24, 2.45) is 13.0 Å². The van der Waals surface area contributed by atoms with E-state index < -0.39 is 0 Å². The van der Waals surface area contributed by atoms with Crippen molar-refractivity contribution in [3.8, 4) is 0 Å². The second kappa shape index (κ2) is 5.65. The van der Waals surface area contributed by atoms with Crippen LogP contribution in [0.15, 0.2) is 12.4 Å². The van der Waals surface area contributed by atoms with E-state index in [2.05, 4.69) is 17.3 Å². The monoisotopic (exact) mass is 237 g/mol. The normalized spacial score (nSPS) is 20.6. The van der Waals surface area contributed by atoms with E-state index in [0.717, 1.165) is 0 Å². The van der Waals surface area contributed by atoms with E-state index in [9.17, 15) is 5.11 Å². The highest BCUT2D eigenvalue weighted by Gasteiger charge is 2.23. The molecule has 2 N–H and O–H groups in total. The lowest BCUT2D eigenvalue weighted by Crippen LogP contribution is -2.33. The predicted octanol–water partition coefficient (Wildman–Crippen LogP) is 1.62. The number of aliphatic hydroxyl groups is 1. The van der Waals surface area contributed by atoms with Crippen LogP contribution >= 0.6 is 0 Å². The highest BCUT2D eigenvalue weighted by atomic mass is 16.3. The molecule has 2 atom stereocenters. The van der Waals surface area contributed by atoms with E-state index in [1.165, 1.54) is 31.2 Å². The van der Waals surface area contributed by atoms with Crippen LogP contribution in [0.1, 0.15) is 44.2 Å². The molecule has 1 heterocycles. The first-order valence-corrected chi connectivity index (χ1v) is 6.57. The molecule has 4 heteroatoms. The summed E-state index contributed by atoms with van der Waals surface area (Å²) >= 11 is 0. The molecule has 1 aromatic rings. The summed E-state index contributed by atoms with van der Waals surface area (Å²) in [5, 5.41) is 17.6. The van der Waals surface area contributed by atoms with Gasteiger partial charge in [0.25, 0.3) is 0 Å². The third-order valence-corrected chi connectivity index (χ3v) is 3.80. The Bertz CT molecular complexity index is 344. The van der Waals surface area contributed by atoms with Gasteiger partial charge in [-0.05, 0) is 25.7 Å². The first-order valence-electron chi connectivity index (χ1n) is 6.57. The molecule has 0 spiro atoms. The number of hydrogen-bond acceptors (Lipinski definition) is 3. The Labute approximate surface area is 103 Å². The fourth-order valence-corrected chi connectivity index (χ4v) is 2.59. The zero-order chi connectivity index (χ0) is 12.3. The molecule has 1 aliphatic rings. The molecule has 4 nitrogen and oxygen atoms in total. The second-order valence-corrected chi connectivity index (χ2v) is 5.19. The zero-order valence-corrected chi connectivity index (χ0v) is 10.8. The zero-order valence-electron chi connectivity index (χ0n) is 10.8. The second-order valence-electron chi connectivity index (χ2n) is 5.19. The molecule has 2 rings (SSSR count). The SMILES string of the molecule is CC(NCC(O)C1CCCC1)c1cnn(C)c1. The Morgan fingerprint density at radius 2 is 2.24 bits per heavy atom. The summed E-state index contributed by atoms with van der Waals surface area (Å²) in [4.78, 5) is 0. The topological polar surface area (TPSA) is 50.1 Å². The number of aryl methyl sites for hydroxylation is 1. The molecule has 17 heavy (non-hydrogen) atoms.